The van der Waals surface area contributed by atoms with Gasteiger partial charge in [-0.15, -0.1) is 0 Å². The van der Waals surface area contributed by atoms with Crippen molar-refractivity contribution in [3.63, 3.8) is 0 Å². The molecule has 1 aromatic rings. The first-order valence-corrected chi connectivity index (χ1v) is 8.68. The van der Waals surface area contributed by atoms with Gasteiger partial charge in [0.05, 0.1) is 18.2 Å². The van der Waals surface area contributed by atoms with Crippen LogP contribution in [0.25, 0.3) is 0 Å². The van der Waals surface area contributed by atoms with Gasteiger partial charge in [0.1, 0.15) is 5.75 Å². The summed E-state index contributed by atoms with van der Waals surface area (Å²) < 4.78 is 5.65. The minimum Gasteiger partial charge on any atom is -0.494 e. The zero-order valence-electron chi connectivity index (χ0n) is 12.1. The van der Waals surface area contributed by atoms with Gasteiger partial charge in [-0.2, -0.15) is 5.26 Å². The van der Waals surface area contributed by atoms with Crippen molar-refractivity contribution < 1.29 is 4.74 Å². The fraction of sp³-hybridized carbons (Fsp3) is 0.588. The van der Waals surface area contributed by atoms with Crippen molar-refractivity contribution in [2.45, 2.75) is 51.4 Å². The van der Waals surface area contributed by atoms with Gasteiger partial charge in [-0.3, -0.25) is 0 Å². The summed E-state index contributed by atoms with van der Waals surface area (Å²) in [5.74, 6) is 0.860. The Morgan fingerprint density at radius 2 is 1.40 bits per heavy atom. The van der Waals surface area contributed by atoms with E-state index in [0.29, 0.717) is 5.56 Å². The SMILES string of the molecule is N#Cc1ccc(OCCCCCCCCCCBr)cc1. The van der Waals surface area contributed by atoms with Gasteiger partial charge in [0.25, 0.3) is 0 Å². The molecule has 0 spiro atoms. The summed E-state index contributed by atoms with van der Waals surface area (Å²) in [5, 5.41) is 9.84. The van der Waals surface area contributed by atoms with E-state index in [0.717, 1.165) is 24.1 Å². The third kappa shape index (κ3) is 8.22. The second kappa shape index (κ2) is 11.8. The van der Waals surface area contributed by atoms with E-state index in [2.05, 4.69) is 22.0 Å². The number of hydrogen-bond acceptors (Lipinski definition) is 2. The predicted molar refractivity (Wildman–Crippen MR) is 87.4 cm³/mol. The lowest BCUT2D eigenvalue weighted by molar-refractivity contribution is 0.304. The zero-order valence-corrected chi connectivity index (χ0v) is 13.7. The van der Waals surface area contributed by atoms with Crippen LogP contribution in [0.15, 0.2) is 24.3 Å². The van der Waals surface area contributed by atoms with Crippen LogP contribution in [0.4, 0.5) is 0 Å². The number of nitriles is 1. The van der Waals surface area contributed by atoms with Gasteiger partial charge in [-0.25, -0.2) is 0 Å². The molecule has 0 saturated heterocycles. The minimum absolute atomic E-state index is 0.678. The number of alkyl halides is 1. The second-order valence-corrected chi connectivity index (χ2v) is 5.80. The highest BCUT2D eigenvalue weighted by Crippen LogP contribution is 2.13. The quantitative estimate of drug-likeness (QED) is 0.397. The van der Waals surface area contributed by atoms with Crippen molar-refractivity contribution in [1.82, 2.24) is 0 Å². The van der Waals surface area contributed by atoms with E-state index in [1.54, 1.807) is 12.1 Å². The summed E-state index contributed by atoms with van der Waals surface area (Å²) in [6, 6.07) is 9.42. The fourth-order valence-corrected chi connectivity index (χ4v) is 2.47. The molecule has 0 aliphatic rings. The molecule has 20 heavy (non-hydrogen) atoms. The average Bonchev–Trinajstić information content (AvgIpc) is 2.50. The van der Waals surface area contributed by atoms with Crippen molar-refractivity contribution in [2.24, 2.45) is 0 Å². The Bertz CT molecular complexity index is 383. The van der Waals surface area contributed by atoms with Crippen LogP contribution in [0, 0.1) is 11.3 Å². The number of unbranched alkanes of at least 4 members (excludes halogenated alkanes) is 7. The molecular weight excluding hydrogens is 314 g/mol. The average molecular weight is 338 g/mol. The second-order valence-electron chi connectivity index (χ2n) is 5.00. The standard InChI is InChI=1S/C17H24BrNO/c18-13-7-5-3-1-2-4-6-8-14-20-17-11-9-16(15-19)10-12-17/h9-12H,1-8,13-14H2. The van der Waals surface area contributed by atoms with Gasteiger partial charge in [-0.1, -0.05) is 54.5 Å². The molecule has 0 unspecified atom stereocenters. The summed E-state index contributed by atoms with van der Waals surface area (Å²) in [7, 11) is 0. The third-order valence-electron chi connectivity index (χ3n) is 3.28. The predicted octanol–water partition coefficient (Wildman–Crippen LogP) is 5.45. The maximum Gasteiger partial charge on any atom is 0.119 e. The summed E-state index contributed by atoms with van der Waals surface area (Å²) in [4.78, 5) is 0. The first-order chi connectivity index (χ1) is 9.86. The van der Waals surface area contributed by atoms with Crippen molar-refractivity contribution in [1.29, 1.82) is 5.26 Å². The van der Waals surface area contributed by atoms with Crippen LogP contribution in [-0.2, 0) is 0 Å². The van der Waals surface area contributed by atoms with Crippen LogP contribution in [0.2, 0.25) is 0 Å². The molecule has 0 amide bonds. The molecule has 0 atom stereocenters. The molecule has 0 radical (unpaired) electrons. The number of benzene rings is 1. The smallest absolute Gasteiger partial charge is 0.119 e. The van der Waals surface area contributed by atoms with Crippen molar-refractivity contribution in [3.8, 4) is 11.8 Å². The van der Waals surface area contributed by atoms with Crippen LogP contribution in [0.1, 0.15) is 56.9 Å². The molecular formula is C17H24BrNO. The fourth-order valence-electron chi connectivity index (χ4n) is 2.07. The molecule has 0 fully saturated rings. The molecule has 0 heterocycles. The molecule has 2 nitrogen and oxygen atoms in total. The van der Waals surface area contributed by atoms with E-state index < -0.39 is 0 Å². The Morgan fingerprint density at radius 1 is 0.850 bits per heavy atom. The number of ether oxygens (including phenoxy) is 1. The molecule has 0 saturated carbocycles. The molecule has 0 N–H and O–H groups in total. The molecule has 0 aliphatic carbocycles. The van der Waals surface area contributed by atoms with Gasteiger partial charge in [0.2, 0.25) is 0 Å². The number of nitrogens with zero attached hydrogens (tertiary/aromatic N) is 1. The molecule has 110 valence electrons. The summed E-state index contributed by atoms with van der Waals surface area (Å²) in [6.07, 6.45) is 10.4. The highest BCUT2D eigenvalue weighted by molar-refractivity contribution is 9.09. The van der Waals surface area contributed by atoms with E-state index in [1.807, 2.05) is 12.1 Å². The summed E-state index contributed by atoms with van der Waals surface area (Å²) >= 11 is 3.46. The maximum atomic E-state index is 8.70. The highest BCUT2D eigenvalue weighted by Gasteiger charge is 1.96. The lowest BCUT2D eigenvalue weighted by atomic mass is 10.1. The normalized spacial score (nSPS) is 10.2. The first kappa shape index (κ1) is 17.0. The van der Waals surface area contributed by atoms with E-state index in [1.165, 1.54) is 44.9 Å². The minimum atomic E-state index is 0.678. The van der Waals surface area contributed by atoms with Gasteiger partial charge in [-0.05, 0) is 37.1 Å². The lowest BCUT2D eigenvalue weighted by Crippen LogP contribution is -1.97. The molecule has 1 rings (SSSR count). The van der Waals surface area contributed by atoms with E-state index in [-0.39, 0.29) is 0 Å². The van der Waals surface area contributed by atoms with Crippen LogP contribution in [0.5, 0.6) is 5.75 Å². The van der Waals surface area contributed by atoms with Gasteiger partial charge in [0.15, 0.2) is 0 Å². The molecule has 3 heteroatoms. The molecule has 0 aliphatic heterocycles. The van der Waals surface area contributed by atoms with Crippen LogP contribution in [0.3, 0.4) is 0 Å². The highest BCUT2D eigenvalue weighted by atomic mass is 79.9. The summed E-state index contributed by atoms with van der Waals surface area (Å²) in [6.45, 7) is 0.773. The topological polar surface area (TPSA) is 33.0 Å². The number of rotatable bonds is 11. The van der Waals surface area contributed by atoms with Gasteiger partial charge < -0.3 is 4.74 Å². The lowest BCUT2D eigenvalue weighted by Gasteiger charge is -2.06. The van der Waals surface area contributed by atoms with Crippen molar-refractivity contribution >= 4 is 15.9 Å². The van der Waals surface area contributed by atoms with E-state index >= 15 is 0 Å². The Kier molecular flexibility index (Phi) is 10.0. The van der Waals surface area contributed by atoms with Crippen molar-refractivity contribution in [2.75, 3.05) is 11.9 Å². The maximum absolute atomic E-state index is 8.70. The monoisotopic (exact) mass is 337 g/mol. The number of hydrogen-bond donors (Lipinski definition) is 0. The van der Waals surface area contributed by atoms with Gasteiger partial charge in [0, 0.05) is 5.33 Å². The Labute approximate surface area is 131 Å². The molecule has 0 aromatic heterocycles. The van der Waals surface area contributed by atoms with E-state index in [4.69, 9.17) is 10.00 Å². The Balaban J connectivity index is 1.93. The Hall–Kier alpha value is -1.01. The first-order valence-electron chi connectivity index (χ1n) is 7.56. The molecule has 1 aromatic carbocycles. The summed E-state index contributed by atoms with van der Waals surface area (Å²) in [5.41, 5.74) is 0.678. The largest absolute Gasteiger partial charge is 0.494 e. The van der Waals surface area contributed by atoms with E-state index in [9.17, 15) is 0 Å². The number of halogens is 1. The van der Waals surface area contributed by atoms with Crippen LogP contribution in [-0.4, -0.2) is 11.9 Å². The van der Waals surface area contributed by atoms with Crippen molar-refractivity contribution in [3.05, 3.63) is 29.8 Å². The zero-order chi connectivity index (χ0) is 14.5. The van der Waals surface area contributed by atoms with Crippen LogP contribution < -0.4 is 4.74 Å². The van der Waals surface area contributed by atoms with Crippen LogP contribution >= 0.6 is 15.9 Å². The van der Waals surface area contributed by atoms with Gasteiger partial charge >= 0.3 is 0 Å². The third-order valence-corrected chi connectivity index (χ3v) is 3.84. The Morgan fingerprint density at radius 3 is 1.95 bits per heavy atom. The molecule has 0 bridgehead atoms.